The molecule has 0 bridgehead atoms. The molecule has 0 aliphatic rings. The standard InChI is InChI=1S/C14H12.C10H15O3P/c1-3-7-13(8-4-1)11-12-14-9-5-2-6-10-14;1-10(2,3)8-4-6-9(7-5-8)13-14(11)12/h1-12H;4-7,11-12H,1-3H3. The summed E-state index contributed by atoms with van der Waals surface area (Å²) >= 11 is 0. The van der Waals surface area contributed by atoms with Gasteiger partial charge < -0.3 is 14.3 Å². The molecule has 146 valence electrons. The van der Waals surface area contributed by atoms with E-state index in [4.69, 9.17) is 14.3 Å². The molecule has 0 atom stereocenters. The predicted octanol–water partition coefficient (Wildman–Crippen LogP) is 6.43. The fourth-order valence-corrected chi connectivity index (χ4v) is 2.74. The van der Waals surface area contributed by atoms with Gasteiger partial charge in [0, 0.05) is 0 Å². The van der Waals surface area contributed by atoms with Gasteiger partial charge in [0.2, 0.25) is 0 Å². The molecule has 0 fully saturated rings. The van der Waals surface area contributed by atoms with Crippen LogP contribution in [0.15, 0.2) is 84.9 Å². The zero-order chi connectivity index (χ0) is 20.4. The lowest BCUT2D eigenvalue weighted by atomic mass is 9.87. The molecule has 2 N–H and O–H groups in total. The van der Waals surface area contributed by atoms with E-state index >= 15 is 0 Å². The van der Waals surface area contributed by atoms with Crippen LogP contribution in [0, 0.1) is 0 Å². The van der Waals surface area contributed by atoms with Gasteiger partial charge in [-0.05, 0) is 34.2 Å². The molecule has 3 aromatic carbocycles. The summed E-state index contributed by atoms with van der Waals surface area (Å²) in [5, 5.41) is 0. The summed E-state index contributed by atoms with van der Waals surface area (Å²) in [6.45, 7) is 6.36. The summed E-state index contributed by atoms with van der Waals surface area (Å²) in [4.78, 5) is 17.3. The minimum Gasteiger partial charge on any atom is -0.427 e. The van der Waals surface area contributed by atoms with E-state index in [0.717, 1.165) is 0 Å². The number of benzene rings is 3. The highest BCUT2D eigenvalue weighted by Crippen LogP contribution is 2.30. The molecule has 0 spiro atoms. The van der Waals surface area contributed by atoms with Crippen LogP contribution >= 0.6 is 8.60 Å². The maximum absolute atomic E-state index is 8.63. The Morgan fingerprint density at radius 2 is 1.11 bits per heavy atom. The Hall–Kier alpha value is -2.45. The van der Waals surface area contributed by atoms with E-state index in [1.54, 1.807) is 12.1 Å². The molecule has 0 saturated carbocycles. The topological polar surface area (TPSA) is 49.7 Å². The largest absolute Gasteiger partial charge is 0.427 e. The molecule has 0 amide bonds. The third-order valence-corrected chi connectivity index (χ3v) is 4.35. The SMILES string of the molecule is C(=Cc1ccccc1)c1ccccc1.CC(C)(C)c1ccc(OP(O)O)cc1. The van der Waals surface area contributed by atoms with Crippen molar-refractivity contribution in [2.24, 2.45) is 0 Å². The molecule has 3 aromatic rings. The molecule has 0 radical (unpaired) electrons. The number of hydrogen-bond donors (Lipinski definition) is 2. The Kier molecular flexibility index (Phi) is 8.41. The van der Waals surface area contributed by atoms with Crippen LogP contribution in [0.25, 0.3) is 12.2 Å². The summed E-state index contributed by atoms with van der Waals surface area (Å²) in [5.74, 6) is 0.481. The molecule has 0 aliphatic heterocycles. The molecular formula is C24H27O3P. The second-order valence-electron chi connectivity index (χ2n) is 7.27. The van der Waals surface area contributed by atoms with Gasteiger partial charge in [0.1, 0.15) is 5.75 Å². The summed E-state index contributed by atoms with van der Waals surface area (Å²) in [7, 11) is -2.31. The van der Waals surface area contributed by atoms with Crippen LogP contribution in [0.2, 0.25) is 0 Å². The van der Waals surface area contributed by atoms with Gasteiger partial charge in [-0.2, -0.15) is 0 Å². The Morgan fingerprint density at radius 3 is 1.46 bits per heavy atom. The third kappa shape index (κ3) is 8.06. The summed E-state index contributed by atoms with van der Waals surface area (Å²) in [6, 6.07) is 28.0. The van der Waals surface area contributed by atoms with Crippen LogP contribution in [0.4, 0.5) is 0 Å². The summed E-state index contributed by atoms with van der Waals surface area (Å²) in [6.07, 6.45) is 4.24. The minimum absolute atomic E-state index is 0.0989. The highest BCUT2D eigenvalue weighted by Gasteiger charge is 2.13. The van der Waals surface area contributed by atoms with E-state index in [2.05, 4.69) is 57.2 Å². The molecule has 0 heterocycles. The second-order valence-corrected chi connectivity index (χ2v) is 7.96. The van der Waals surface area contributed by atoms with Crippen molar-refractivity contribution in [3.8, 4) is 5.75 Å². The van der Waals surface area contributed by atoms with Gasteiger partial charge in [0.05, 0.1) is 0 Å². The third-order valence-electron chi connectivity index (χ3n) is 3.97. The van der Waals surface area contributed by atoms with E-state index in [0.29, 0.717) is 5.75 Å². The molecule has 4 heteroatoms. The number of hydrogen-bond acceptors (Lipinski definition) is 3. The average molecular weight is 394 g/mol. The monoisotopic (exact) mass is 394 g/mol. The smallest absolute Gasteiger partial charge is 0.391 e. The lowest BCUT2D eigenvalue weighted by Gasteiger charge is -2.19. The molecule has 0 aliphatic carbocycles. The Bertz CT molecular complexity index is 795. The van der Waals surface area contributed by atoms with Gasteiger partial charge >= 0.3 is 8.60 Å². The summed E-state index contributed by atoms with van der Waals surface area (Å²) < 4.78 is 4.76. The van der Waals surface area contributed by atoms with E-state index < -0.39 is 8.60 Å². The summed E-state index contributed by atoms with van der Waals surface area (Å²) in [5.41, 5.74) is 3.75. The van der Waals surface area contributed by atoms with Gasteiger partial charge in [0.15, 0.2) is 0 Å². The first kappa shape index (κ1) is 21.8. The van der Waals surface area contributed by atoms with Crippen molar-refractivity contribution in [1.82, 2.24) is 0 Å². The molecule has 28 heavy (non-hydrogen) atoms. The first-order valence-corrected chi connectivity index (χ1v) is 10.3. The Balaban J connectivity index is 0.000000200. The highest BCUT2D eigenvalue weighted by atomic mass is 31.2. The van der Waals surface area contributed by atoms with Crippen molar-refractivity contribution in [2.45, 2.75) is 26.2 Å². The Morgan fingerprint density at radius 1 is 0.679 bits per heavy atom. The van der Waals surface area contributed by atoms with Crippen LogP contribution in [0.5, 0.6) is 5.75 Å². The van der Waals surface area contributed by atoms with E-state index in [9.17, 15) is 0 Å². The van der Waals surface area contributed by atoms with Crippen molar-refractivity contribution < 1.29 is 14.3 Å². The first-order chi connectivity index (χ1) is 13.3. The van der Waals surface area contributed by atoms with Crippen LogP contribution in [-0.4, -0.2) is 9.79 Å². The van der Waals surface area contributed by atoms with Crippen molar-refractivity contribution >= 4 is 20.8 Å². The van der Waals surface area contributed by atoms with Gasteiger partial charge in [-0.1, -0.05) is 106 Å². The van der Waals surface area contributed by atoms with Crippen molar-refractivity contribution in [1.29, 1.82) is 0 Å². The average Bonchev–Trinajstić information content (AvgIpc) is 2.68. The lowest BCUT2D eigenvalue weighted by molar-refractivity contribution is 0.375. The maximum atomic E-state index is 8.63. The van der Waals surface area contributed by atoms with Crippen LogP contribution < -0.4 is 4.52 Å². The molecule has 0 aromatic heterocycles. The van der Waals surface area contributed by atoms with Crippen LogP contribution in [0.3, 0.4) is 0 Å². The van der Waals surface area contributed by atoms with Crippen LogP contribution in [-0.2, 0) is 5.41 Å². The van der Waals surface area contributed by atoms with E-state index in [-0.39, 0.29) is 5.41 Å². The lowest BCUT2D eigenvalue weighted by Crippen LogP contribution is -2.10. The van der Waals surface area contributed by atoms with Crippen molar-refractivity contribution in [2.75, 3.05) is 0 Å². The fraction of sp³-hybridized carbons (Fsp3) is 0.167. The van der Waals surface area contributed by atoms with Gasteiger partial charge in [-0.25, -0.2) is 0 Å². The zero-order valence-electron chi connectivity index (χ0n) is 16.5. The quantitative estimate of drug-likeness (QED) is 0.396. The van der Waals surface area contributed by atoms with Crippen LogP contribution in [0.1, 0.15) is 37.5 Å². The van der Waals surface area contributed by atoms with Gasteiger partial charge in [0.25, 0.3) is 0 Å². The minimum atomic E-state index is -2.31. The second kappa shape index (κ2) is 10.8. The zero-order valence-corrected chi connectivity index (χ0v) is 17.4. The van der Waals surface area contributed by atoms with E-state index in [1.807, 2.05) is 48.5 Å². The van der Waals surface area contributed by atoms with Crippen molar-refractivity contribution in [3.63, 3.8) is 0 Å². The maximum Gasteiger partial charge on any atom is 0.391 e. The molecule has 3 nitrogen and oxygen atoms in total. The first-order valence-electron chi connectivity index (χ1n) is 9.09. The predicted molar refractivity (Wildman–Crippen MR) is 119 cm³/mol. The fourth-order valence-electron chi connectivity index (χ4n) is 2.43. The molecule has 0 saturated heterocycles. The molecule has 0 unspecified atom stereocenters. The van der Waals surface area contributed by atoms with Crippen molar-refractivity contribution in [3.05, 3.63) is 102 Å². The highest BCUT2D eigenvalue weighted by molar-refractivity contribution is 7.39. The Labute approximate surface area is 169 Å². The number of rotatable bonds is 4. The molecular weight excluding hydrogens is 367 g/mol. The van der Waals surface area contributed by atoms with Gasteiger partial charge in [-0.3, -0.25) is 0 Å². The van der Waals surface area contributed by atoms with Gasteiger partial charge in [-0.15, -0.1) is 0 Å². The van der Waals surface area contributed by atoms with E-state index in [1.165, 1.54) is 16.7 Å². The normalized spacial score (nSPS) is 11.2. The molecule has 3 rings (SSSR count).